The molecule has 1 saturated carbocycles. The highest BCUT2D eigenvalue weighted by Gasteiger charge is 2.20. The highest BCUT2D eigenvalue weighted by molar-refractivity contribution is 5.28. The zero-order chi connectivity index (χ0) is 13.9. The van der Waals surface area contributed by atoms with E-state index < -0.39 is 0 Å². The summed E-state index contributed by atoms with van der Waals surface area (Å²) >= 11 is 0. The van der Waals surface area contributed by atoms with Gasteiger partial charge in [-0.2, -0.15) is 5.10 Å². The predicted octanol–water partition coefficient (Wildman–Crippen LogP) is 2.64. The molecule has 2 aromatic rings. The maximum atomic E-state index is 4.74. The molecule has 0 radical (unpaired) electrons. The van der Waals surface area contributed by atoms with E-state index in [1.54, 1.807) is 0 Å². The zero-order valence-electron chi connectivity index (χ0n) is 12.3. The molecule has 2 heterocycles. The van der Waals surface area contributed by atoms with Crippen LogP contribution in [0, 0.1) is 0 Å². The number of nitrogens with zero attached hydrogens (tertiary/aromatic N) is 3. The van der Waals surface area contributed by atoms with Gasteiger partial charge in [-0.3, -0.25) is 0 Å². The van der Waals surface area contributed by atoms with Crippen LogP contribution in [0.1, 0.15) is 43.8 Å². The van der Waals surface area contributed by atoms with Gasteiger partial charge in [0, 0.05) is 18.3 Å². The Bertz CT molecular complexity index is 584. The summed E-state index contributed by atoms with van der Waals surface area (Å²) in [6, 6.07) is 9.07. The van der Waals surface area contributed by atoms with Gasteiger partial charge in [0.15, 0.2) is 5.82 Å². The summed E-state index contributed by atoms with van der Waals surface area (Å²) in [5.41, 5.74) is 3.44. The Morgan fingerprint density at radius 2 is 2.05 bits per heavy atom. The molecular formula is C16H22N4. The van der Waals surface area contributed by atoms with Crippen LogP contribution in [0.4, 0.5) is 0 Å². The minimum absolute atomic E-state index is 0.711. The number of pyridine rings is 1. The fourth-order valence-electron chi connectivity index (χ4n) is 2.32. The van der Waals surface area contributed by atoms with Crippen molar-refractivity contribution in [1.29, 1.82) is 0 Å². The number of rotatable bonds is 6. The maximum absolute atomic E-state index is 4.74. The number of hydrogen-bond acceptors (Lipinski definition) is 3. The van der Waals surface area contributed by atoms with E-state index in [9.17, 15) is 0 Å². The lowest BCUT2D eigenvalue weighted by Crippen LogP contribution is -2.17. The molecule has 0 aromatic carbocycles. The van der Waals surface area contributed by atoms with E-state index in [4.69, 9.17) is 4.98 Å². The van der Waals surface area contributed by atoms with E-state index >= 15 is 0 Å². The molecule has 1 N–H and O–H groups in total. The highest BCUT2D eigenvalue weighted by Crippen LogP contribution is 2.19. The molecule has 3 rings (SSSR count). The molecule has 20 heavy (non-hydrogen) atoms. The van der Waals surface area contributed by atoms with Crippen LogP contribution in [0.5, 0.6) is 0 Å². The van der Waals surface area contributed by atoms with Gasteiger partial charge < -0.3 is 5.32 Å². The molecule has 0 bridgehead atoms. The Kier molecular flexibility index (Phi) is 3.83. The van der Waals surface area contributed by atoms with Crippen molar-refractivity contribution in [3.63, 3.8) is 0 Å². The third kappa shape index (κ3) is 2.90. The van der Waals surface area contributed by atoms with Crippen LogP contribution >= 0.6 is 0 Å². The molecular weight excluding hydrogens is 248 g/mol. The molecule has 4 heteroatoms. The Hall–Kier alpha value is -1.68. The largest absolute Gasteiger partial charge is 0.308 e. The van der Waals surface area contributed by atoms with Gasteiger partial charge in [0.05, 0.1) is 11.4 Å². The van der Waals surface area contributed by atoms with Gasteiger partial charge in [0.25, 0.3) is 0 Å². The number of hydrogen-bond donors (Lipinski definition) is 1. The first kappa shape index (κ1) is 13.3. The Morgan fingerprint density at radius 3 is 2.75 bits per heavy atom. The molecule has 0 atom stereocenters. The molecule has 0 unspecified atom stereocenters. The van der Waals surface area contributed by atoms with Crippen molar-refractivity contribution in [3.8, 4) is 5.82 Å². The summed E-state index contributed by atoms with van der Waals surface area (Å²) in [7, 11) is 0. The Labute approximate surface area is 120 Å². The quantitative estimate of drug-likeness (QED) is 0.877. The predicted molar refractivity (Wildman–Crippen MR) is 80.0 cm³/mol. The lowest BCUT2D eigenvalue weighted by molar-refractivity contribution is 0.668. The maximum Gasteiger partial charge on any atom is 0.153 e. The van der Waals surface area contributed by atoms with E-state index in [1.807, 2.05) is 10.7 Å². The fraction of sp³-hybridized carbons (Fsp3) is 0.500. The van der Waals surface area contributed by atoms with Crippen LogP contribution in [-0.4, -0.2) is 20.8 Å². The van der Waals surface area contributed by atoms with E-state index in [1.165, 1.54) is 18.5 Å². The van der Waals surface area contributed by atoms with Gasteiger partial charge in [-0.15, -0.1) is 0 Å². The highest BCUT2D eigenvalue weighted by atomic mass is 15.3. The van der Waals surface area contributed by atoms with Crippen LogP contribution in [0.2, 0.25) is 0 Å². The Balaban J connectivity index is 1.84. The van der Waals surface area contributed by atoms with E-state index in [-0.39, 0.29) is 0 Å². The molecule has 0 aliphatic heterocycles. The first-order valence-corrected chi connectivity index (χ1v) is 7.57. The summed E-state index contributed by atoms with van der Waals surface area (Å²) in [4.78, 5) is 4.74. The smallest absolute Gasteiger partial charge is 0.153 e. The molecule has 106 valence electrons. The van der Waals surface area contributed by atoms with E-state index in [0.717, 1.165) is 36.6 Å². The first-order valence-electron chi connectivity index (χ1n) is 7.57. The minimum atomic E-state index is 0.711. The van der Waals surface area contributed by atoms with Gasteiger partial charge in [-0.25, -0.2) is 9.67 Å². The van der Waals surface area contributed by atoms with Crippen molar-refractivity contribution in [2.45, 2.75) is 52.1 Å². The lowest BCUT2D eigenvalue weighted by atomic mass is 10.2. The molecule has 1 aliphatic carbocycles. The average molecular weight is 270 g/mol. The SMILES string of the molecule is CCc1cc(CC)n(-c2cccc(CNC3CC3)n2)n1. The summed E-state index contributed by atoms with van der Waals surface area (Å²) in [6.45, 7) is 5.14. The third-order valence-electron chi connectivity index (χ3n) is 3.72. The number of aryl methyl sites for hydroxylation is 2. The first-order chi connectivity index (χ1) is 9.80. The van der Waals surface area contributed by atoms with Gasteiger partial charge in [0.2, 0.25) is 0 Å². The average Bonchev–Trinajstić information content (AvgIpc) is 3.22. The Morgan fingerprint density at radius 1 is 1.20 bits per heavy atom. The van der Waals surface area contributed by atoms with Gasteiger partial charge in [-0.1, -0.05) is 19.9 Å². The van der Waals surface area contributed by atoms with Crippen LogP contribution in [0.15, 0.2) is 24.3 Å². The standard InChI is InChI=1S/C16H22N4/c1-3-12-10-15(4-2)20(19-12)16-7-5-6-14(18-16)11-17-13-8-9-13/h5-7,10,13,17H,3-4,8-9,11H2,1-2H3. The molecule has 0 spiro atoms. The van der Waals surface area contributed by atoms with Crippen molar-refractivity contribution in [1.82, 2.24) is 20.1 Å². The van der Waals surface area contributed by atoms with Crippen molar-refractivity contribution < 1.29 is 0 Å². The monoisotopic (exact) mass is 270 g/mol. The van der Waals surface area contributed by atoms with Crippen LogP contribution in [0.25, 0.3) is 5.82 Å². The van der Waals surface area contributed by atoms with E-state index in [2.05, 4.69) is 42.5 Å². The lowest BCUT2D eigenvalue weighted by Gasteiger charge is -2.08. The third-order valence-corrected chi connectivity index (χ3v) is 3.72. The van der Waals surface area contributed by atoms with E-state index in [0.29, 0.717) is 6.04 Å². The second-order valence-corrected chi connectivity index (χ2v) is 5.39. The molecule has 0 amide bonds. The normalized spacial score (nSPS) is 14.7. The number of nitrogens with one attached hydrogen (secondary N) is 1. The van der Waals surface area contributed by atoms with Crippen molar-refractivity contribution in [2.24, 2.45) is 0 Å². The molecule has 1 fully saturated rings. The molecule has 2 aromatic heterocycles. The van der Waals surface area contributed by atoms with Gasteiger partial charge >= 0.3 is 0 Å². The van der Waals surface area contributed by atoms with Crippen LogP contribution < -0.4 is 5.32 Å². The summed E-state index contributed by atoms with van der Waals surface area (Å²) in [5.74, 6) is 0.927. The van der Waals surface area contributed by atoms with Gasteiger partial charge in [0.1, 0.15) is 0 Å². The second kappa shape index (κ2) is 5.75. The zero-order valence-corrected chi connectivity index (χ0v) is 12.3. The molecule has 4 nitrogen and oxygen atoms in total. The molecule has 0 saturated heterocycles. The van der Waals surface area contributed by atoms with Crippen LogP contribution in [0.3, 0.4) is 0 Å². The van der Waals surface area contributed by atoms with Gasteiger partial charge in [-0.05, 0) is 43.9 Å². The van der Waals surface area contributed by atoms with Crippen molar-refractivity contribution >= 4 is 0 Å². The van der Waals surface area contributed by atoms with Crippen molar-refractivity contribution in [2.75, 3.05) is 0 Å². The summed E-state index contributed by atoms with van der Waals surface area (Å²) in [5, 5.41) is 8.16. The summed E-state index contributed by atoms with van der Waals surface area (Å²) < 4.78 is 1.99. The molecule has 1 aliphatic rings. The fourth-order valence-corrected chi connectivity index (χ4v) is 2.32. The topological polar surface area (TPSA) is 42.7 Å². The summed E-state index contributed by atoms with van der Waals surface area (Å²) in [6.07, 6.45) is 4.54. The minimum Gasteiger partial charge on any atom is -0.308 e. The van der Waals surface area contributed by atoms with Crippen molar-refractivity contribution in [3.05, 3.63) is 41.3 Å². The second-order valence-electron chi connectivity index (χ2n) is 5.39. The number of aromatic nitrogens is 3. The van der Waals surface area contributed by atoms with Crippen LogP contribution in [-0.2, 0) is 19.4 Å².